The minimum absolute atomic E-state index is 0.770. The molecule has 0 aliphatic heterocycles. The van der Waals surface area contributed by atoms with Gasteiger partial charge in [0, 0.05) is 12.2 Å². The van der Waals surface area contributed by atoms with Gasteiger partial charge in [-0.25, -0.2) is 0 Å². The van der Waals surface area contributed by atoms with E-state index < -0.39 is 0 Å². The summed E-state index contributed by atoms with van der Waals surface area (Å²) in [7, 11) is 0. The normalized spacial score (nSPS) is 10.3. The van der Waals surface area contributed by atoms with Crippen LogP contribution in [-0.2, 0) is 0 Å². The molecule has 1 aromatic carbocycles. The molecule has 0 aliphatic carbocycles. The molecular weight excluding hydrogens is 224 g/mol. The standard InChI is InChI=1S/C15H26N2O/c1-2-3-6-13-18-15-9-7-14(8-10-15)17-12-5-4-11-16/h7-10,17H,2-6,11-13,16H2,1H3. The lowest BCUT2D eigenvalue weighted by Gasteiger charge is -2.08. The van der Waals surface area contributed by atoms with Gasteiger partial charge in [0.25, 0.3) is 0 Å². The summed E-state index contributed by atoms with van der Waals surface area (Å²) >= 11 is 0. The van der Waals surface area contributed by atoms with Gasteiger partial charge in [0.2, 0.25) is 0 Å². The summed E-state index contributed by atoms with van der Waals surface area (Å²) < 4.78 is 5.66. The fourth-order valence-electron chi connectivity index (χ4n) is 1.71. The number of hydrogen-bond acceptors (Lipinski definition) is 3. The Bertz CT molecular complexity index is 267. The SMILES string of the molecule is CCCCCOc1ccc(NCCCCN)cc1. The number of benzene rings is 1. The van der Waals surface area contributed by atoms with Gasteiger partial charge in [-0.3, -0.25) is 0 Å². The van der Waals surface area contributed by atoms with E-state index in [0.717, 1.165) is 50.4 Å². The molecule has 0 atom stereocenters. The number of ether oxygens (including phenoxy) is 1. The lowest BCUT2D eigenvalue weighted by atomic mass is 10.2. The van der Waals surface area contributed by atoms with Crippen molar-refractivity contribution in [3.63, 3.8) is 0 Å². The lowest BCUT2D eigenvalue weighted by Crippen LogP contribution is -2.05. The molecule has 18 heavy (non-hydrogen) atoms. The Kier molecular flexibility index (Phi) is 8.06. The smallest absolute Gasteiger partial charge is 0.119 e. The first-order chi connectivity index (χ1) is 8.86. The minimum Gasteiger partial charge on any atom is -0.494 e. The predicted octanol–water partition coefficient (Wildman–Crippen LogP) is 3.41. The summed E-state index contributed by atoms with van der Waals surface area (Å²) in [4.78, 5) is 0. The molecule has 0 spiro atoms. The number of hydrogen-bond donors (Lipinski definition) is 2. The zero-order chi connectivity index (χ0) is 13.1. The monoisotopic (exact) mass is 250 g/mol. The van der Waals surface area contributed by atoms with Crippen LogP contribution >= 0.6 is 0 Å². The van der Waals surface area contributed by atoms with Crippen LogP contribution in [-0.4, -0.2) is 19.7 Å². The highest BCUT2D eigenvalue weighted by atomic mass is 16.5. The van der Waals surface area contributed by atoms with Gasteiger partial charge in [0.15, 0.2) is 0 Å². The van der Waals surface area contributed by atoms with Gasteiger partial charge in [0.05, 0.1) is 6.61 Å². The molecule has 0 aliphatic rings. The van der Waals surface area contributed by atoms with E-state index in [0.29, 0.717) is 0 Å². The van der Waals surface area contributed by atoms with Crippen molar-refractivity contribution < 1.29 is 4.74 Å². The fourth-order valence-corrected chi connectivity index (χ4v) is 1.71. The molecule has 0 saturated carbocycles. The molecule has 3 nitrogen and oxygen atoms in total. The zero-order valence-electron chi connectivity index (χ0n) is 11.5. The second kappa shape index (κ2) is 9.77. The third-order valence-corrected chi connectivity index (χ3v) is 2.83. The van der Waals surface area contributed by atoms with Gasteiger partial charge in [0.1, 0.15) is 5.75 Å². The first-order valence-electron chi connectivity index (χ1n) is 7.03. The topological polar surface area (TPSA) is 47.3 Å². The van der Waals surface area contributed by atoms with Crippen molar-refractivity contribution in [1.82, 2.24) is 0 Å². The van der Waals surface area contributed by atoms with Crippen molar-refractivity contribution >= 4 is 5.69 Å². The van der Waals surface area contributed by atoms with Crippen LogP contribution in [0.1, 0.15) is 39.0 Å². The van der Waals surface area contributed by atoms with E-state index in [9.17, 15) is 0 Å². The average molecular weight is 250 g/mol. The van der Waals surface area contributed by atoms with Crippen LogP contribution in [0.5, 0.6) is 5.75 Å². The molecule has 0 heterocycles. The van der Waals surface area contributed by atoms with E-state index >= 15 is 0 Å². The van der Waals surface area contributed by atoms with Crippen LogP contribution in [0.4, 0.5) is 5.69 Å². The molecule has 1 aromatic rings. The second-order valence-electron chi connectivity index (χ2n) is 4.50. The molecule has 0 unspecified atom stereocenters. The zero-order valence-corrected chi connectivity index (χ0v) is 11.5. The maximum Gasteiger partial charge on any atom is 0.119 e. The Morgan fingerprint density at radius 1 is 1.06 bits per heavy atom. The Hall–Kier alpha value is -1.22. The Balaban J connectivity index is 2.20. The van der Waals surface area contributed by atoms with E-state index in [2.05, 4.69) is 24.4 Å². The highest BCUT2D eigenvalue weighted by Gasteiger charge is 1.95. The lowest BCUT2D eigenvalue weighted by molar-refractivity contribution is 0.306. The van der Waals surface area contributed by atoms with Crippen molar-refractivity contribution in [2.24, 2.45) is 5.73 Å². The summed E-state index contributed by atoms with van der Waals surface area (Å²) in [6.07, 6.45) is 5.79. The van der Waals surface area contributed by atoms with Crippen LogP contribution in [0.25, 0.3) is 0 Å². The van der Waals surface area contributed by atoms with E-state index in [1.165, 1.54) is 12.8 Å². The third kappa shape index (κ3) is 6.50. The van der Waals surface area contributed by atoms with Gasteiger partial charge in [-0.15, -0.1) is 0 Å². The largest absolute Gasteiger partial charge is 0.494 e. The first-order valence-corrected chi connectivity index (χ1v) is 7.03. The number of unbranched alkanes of at least 4 members (excludes halogenated alkanes) is 3. The van der Waals surface area contributed by atoms with Crippen molar-refractivity contribution in [3.05, 3.63) is 24.3 Å². The molecule has 0 saturated heterocycles. The van der Waals surface area contributed by atoms with Gasteiger partial charge in [-0.1, -0.05) is 19.8 Å². The molecule has 3 heteroatoms. The highest BCUT2D eigenvalue weighted by Crippen LogP contribution is 2.16. The van der Waals surface area contributed by atoms with Crippen molar-refractivity contribution in [3.8, 4) is 5.75 Å². The van der Waals surface area contributed by atoms with Crippen LogP contribution in [0.15, 0.2) is 24.3 Å². The Morgan fingerprint density at radius 3 is 2.50 bits per heavy atom. The maximum atomic E-state index is 5.66. The summed E-state index contributed by atoms with van der Waals surface area (Å²) in [6.45, 7) is 4.77. The molecule has 3 N–H and O–H groups in total. The molecule has 0 aromatic heterocycles. The summed E-state index contributed by atoms with van der Waals surface area (Å²) in [5.74, 6) is 0.957. The summed E-state index contributed by atoms with van der Waals surface area (Å²) in [5, 5.41) is 3.37. The molecule has 0 amide bonds. The third-order valence-electron chi connectivity index (χ3n) is 2.83. The average Bonchev–Trinajstić information content (AvgIpc) is 2.41. The summed E-state index contributed by atoms with van der Waals surface area (Å²) in [6, 6.07) is 8.18. The van der Waals surface area contributed by atoms with E-state index in [1.807, 2.05) is 12.1 Å². The number of rotatable bonds is 10. The van der Waals surface area contributed by atoms with Gasteiger partial charge < -0.3 is 15.8 Å². The molecule has 102 valence electrons. The van der Waals surface area contributed by atoms with Crippen molar-refractivity contribution in [2.75, 3.05) is 25.0 Å². The second-order valence-corrected chi connectivity index (χ2v) is 4.50. The van der Waals surface area contributed by atoms with Crippen LogP contribution in [0.3, 0.4) is 0 Å². The number of nitrogens with two attached hydrogens (primary N) is 1. The van der Waals surface area contributed by atoms with E-state index in [4.69, 9.17) is 10.5 Å². The number of nitrogens with one attached hydrogen (secondary N) is 1. The van der Waals surface area contributed by atoms with Crippen molar-refractivity contribution in [1.29, 1.82) is 0 Å². The van der Waals surface area contributed by atoms with Gasteiger partial charge in [-0.2, -0.15) is 0 Å². The van der Waals surface area contributed by atoms with Crippen LogP contribution in [0, 0.1) is 0 Å². The fraction of sp³-hybridized carbons (Fsp3) is 0.600. The van der Waals surface area contributed by atoms with Gasteiger partial charge in [-0.05, 0) is 50.1 Å². The van der Waals surface area contributed by atoms with Crippen LogP contribution in [0.2, 0.25) is 0 Å². The molecule has 0 bridgehead atoms. The van der Waals surface area contributed by atoms with E-state index in [1.54, 1.807) is 0 Å². The van der Waals surface area contributed by atoms with Crippen molar-refractivity contribution in [2.45, 2.75) is 39.0 Å². The highest BCUT2D eigenvalue weighted by molar-refractivity contribution is 5.46. The quantitative estimate of drug-likeness (QED) is 0.626. The van der Waals surface area contributed by atoms with E-state index in [-0.39, 0.29) is 0 Å². The van der Waals surface area contributed by atoms with Crippen LogP contribution < -0.4 is 15.8 Å². The molecule has 0 radical (unpaired) electrons. The van der Waals surface area contributed by atoms with Gasteiger partial charge >= 0.3 is 0 Å². The molecule has 1 rings (SSSR count). The maximum absolute atomic E-state index is 5.66. The Morgan fingerprint density at radius 2 is 1.83 bits per heavy atom. The Labute approximate surface area is 111 Å². The molecule has 0 fully saturated rings. The number of anilines is 1. The molecular formula is C15H26N2O. The summed E-state index contributed by atoms with van der Waals surface area (Å²) in [5.41, 5.74) is 6.60. The minimum atomic E-state index is 0.770. The first kappa shape index (κ1) is 14.8. The predicted molar refractivity (Wildman–Crippen MR) is 78.2 cm³/mol.